The average molecular weight is 408 g/mol. The molecule has 0 radical (unpaired) electrons. The molecule has 0 bridgehead atoms. The van der Waals surface area contributed by atoms with Crippen LogP contribution >= 0.6 is 0 Å². The molecule has 158 valence electrons. The van der Waals surface area contributed by atoms with Crippen LogP contribution in [0.15, 0.2) is 30.5 Å². The second-order valence-corrected chi connectivity index (χ2v) is 7.87. The first kappa shape index (κ1) is 21.5. The molecule has 30 heavy (non-hydrogen) atoms. The fraction of sp³-hybridized carbons (Fsp3) is 0.391. The molecular weight excluding hydrogens is 378 g/mol. The Labute approximate surface area is 176 Å². The number of nitrogens with one attached hydrogen (secondary N) is 2. The number of fused-ring (bicyclic) bond motifs is 1. The van der Waals surface area contributed by atoms with E-state index >= 15 is 0 Å². The summed E-state index contributed by atoms with van der Waals surface area (Å²) in [7, 11) is 0. The van der Waals surface area contributed by atoms with Crippen LogP contribution in [0, 0.1) is 13.8 Å². The number of nitrogens with zero attached hydrogens (tertiary/aromatic N) is 3. The number of amides is 2. The number of benzene rings is 1. The van der Waals surface area contributed by atoms with Crippen molar-refractivity contribution in [3.8, 4) is 0 Å². The molecule has 2 N–H and O–H groups in total. The maximum absolute atomic E-state index is 13.0. The fourth-order valence-electron chi connectivity index (χ4n) is 3.34. The van der Waals surface area contributed by atoms with Gasteiger partial charge in [-0.2, -0.15) is 5.10 Å². The number of aromatic nitrogens is 3. The van der Waals surface area contributed by atoms with E-state index in [1.165, 1.54) is 0 Å². The quantitative estimate of drug-likeness (QED) is 0.576. The van der Waals surface area contributed by atoms with Crippen LogP contribution < -0.4 is 10.6 Å². The van der Waals surface area contributed by atoms with Gasteiger partial charge in [-0.15, -0.1) is 0 Å². The number of unbranched alkanes of at least 4 members (excludes halogenated alkanes) is 1. The van der Waals surface area contributed by atoms with Crippen LogP contribution in [-0.4, -0.2) is 26.6 Å². The SMILES string of the molecule is CCCCC(=O)Nc1ccc(NC(=O)c2cc(C)nc3c2cnn3C(C)C)cc1C. The van der Waals surface area contributed by atoms with Crippen molar-refractivity contribution in [3.63, 3.8) is 0 Å². The van der Waals surface area contributed by atoms with Crippen LogP contribution in [0.3, 0.4) is 0 Å². The molecule has 0 aliphatic carbocycles. The lowest BCUT2D eigenvalue weighted by molar-refractivity contribution is -0.116. The Balaban J connectivity index is 1.81. The Morgan fingerprint density at radius 3 is 2.57 bits per heavy atom. The zero-order valence-corrected chi connectivity index (χ0v) is 18.2. The molecule has 0 atom stereocenters. The fourth-order valence-corrected chi connectivity index (χ4v) is 3.34. The van der Waals surface area contributed by atoms with Gasteiger partial charge in [0.1, 0.15) is 0 Å². The number of rotatable bonds is 7. The third-order valence-electron chi connectivity index (χ3n) is 4.94. The van der Waals surface area contributed by atoms with E-state index in [9.17, 15) is 9.59 Å². The number of anilines is 2. The van der Waals surface area contributed by atoms with Gasteiger partial charge >= 0.3 is 0 Å². The highest BCUT2D eigenvalue weighted by molar-refractivity contribution is 6.12. The van der Waals surface area contributed by atoms with Gasteiger partial charge in [-0.05, 0) is 63.9 Å². The summed E-state index contributed by atoms with van der Waals surface area (Å²) in [6.07, 6.45) is 4.05. The summed E-state index contributed by atoms with van der Waals surface area (Å²) >= 11 is 0. The minimum absolute atomic E-state index is 0.00792. The average Bonchev–Trinajstić information content (AvgIpc) is 3.11. The van der Waals surface area contributed by atoms with Gasteiger partial charge in [-0.1, -0.05) is 13.3 Å². The predicted octanol–water partition coefficient (Wildman–Crippen LogP) is 5.01. The monoisotopic (exact) mass is 407 g/mol. The van der Waals surface area contributed by atoms with Gasteiger partial charge in [0.05, 0.1) is 17.1 Å². The number of carbonyl (C=O) groups is 2. The number of aryl methyl sites for hydroxylation is 2. The van der Waals surface area contributed by atoms with Gasteiger partial charge in [-0.25, -0.2) is 9.67 Å². The smallest absolute Gasteiger partial charge is 0.256 e. The van der Waals surface area contributed by atoms with Crippen LogP contribution in [0.2, 0.25) is 0 Å². The maximum atomic E-state index is 13.0. The minimum Gasteiger partial charge on any atom is -0.326 e. The van der Waals surface area contributed by atoms with Crippen molar-refractivity contribution < 1.29 is 9.59 Å². The summed E-state index contributed by atoms with van der Waals surface area (Å²) in [6.45, 7) is 9.89. The summed E-state index contributed by atoms with van der Waals surface area (Å²) in [5.41, 5.74) is 4.32. The van der Waals surface area contributed by atoms with Crippen LogP contribution in [0.5, 0.6) is 0 Å². The Kier molecular flexibility index (Phi) is 6.50. The molecule has 0 saturated heterocycles. The zero-order chi connectivity index (χ0) is 21.8. The Bertz CT molecular complexity index is 1080. The Morgan fingerprint density at radius 1 is 1.13 bits per heavy atom. The second-order valence-electron chi connectivity index (χ2n) is 7.87. The van der Waals surface area contributed by atoms with E-state index in [2.05, 4.69) is 27.6 Å². The number of pyridine rings is 1. The molecule has 7 nitrogen and oxygen atoms in total. The van der Waals surface area contributed by atoms with Crippen molar-refractivity contribution in [1.29, 1.82) is 0 Å². The molecule has 2 aromatic heterocycles. The van der Waals surface area contributed by atoms with Crippen molar-refractivity contribution in [2.45, 2.75) is 59.9 Å². The number of hydrogen-bond donors (Lipinski definition) is 2. The third-order valence-corrected chi connectivity index (χ3v) is 4.94. The Morgan fingerprint density at radius 2 is 1.90 bits per heavy atom. The lowest BCUT2D eigenvalue weighted by atomic mass is 10.1. The molecular formula is C23H29N5O2. The molecule has 3 aromatic rings. The maximum Gasteiger partial charge on any atom is 0.256 e. The third kappa shape index (κ3) is 4.67. The van der Waals surface area contributed by atoms with Gasteiger partial charge in [-0.3, -0.25) is 9.59 Å². The van der Waals surface area contributed by atoms with Crippen LogP contribution in [-0.2, 0) is 4.79 Å². The molecule has 7 heteroatoms. The van der Waals surface area contributed by atoms with E-state index in [-0.39, 0.29) is 17.9 Å². The summed E-state index contributed by atoms with van der Waals surface area (Å²) in [5.74, 6) is -0.207. The first-order chi connectivity index (χ1) is 14.3. The summed E-state index contributed by atoms with van der Waals surface area (Å²) in [5, 5.41) is 11.0. The summed E-state index contributed by atoms with van der Waals surface area (Å²) in [6, 6.07) is 7.40. The van der Waals surface area contributed by atoms with Crippen LogP contribution in [0.25, 0.3) is 11.0 Å². The molecule has 3 rings (SSSR count). The van der Waals surface area contributed by atoms with E-state index in [1.54, 1.807) is 18.3 Å². The van der Waals surface area contributed by atoms with E-state index in [4.69, 9.17) is 0 Å². The van der Waals surface area contributed by atoms with Gasteiger partial charge in [0, 0.05) is 29.5 Å². The molecule has 0 unspecified atom stereocenters. The molecule has 0 spiro atoms. The highest BCUT2D eigenvalue weighted by atomic mass is 16.2. The first-order valence-corrected chi connectivity index (χ1v) is 10.4. The summed E-state index contributed by atoms with van der Waals surface area (Å²) in [4.78, 5) is 29.6. The van der Waals surface area contributed by atoms with E-state index in [0.717, 1.165) is 35.2 Å². The van der Waals surface area contributed by atoms with Crippen molar-refractivity contribution in [2.75, 3.05) is 10.6 Å². The second kappa shape index (κ2) is 9.07. The molecule has 2 heterocycles. The van der Waals surface area contributed by atoms with Crippen LogP contribution in [0.1, 0.15) is 67.7 Å². The van der Waals surface area contributed by atoms with Gasteiger partial charge in [0.2, 0.25) is 5.91 Å². The topological polar surface area (TPSA) is 88.9 Å². The highest BCUT2D eigenvalue weighted by Gasteiger charge is 2.17. The van der Waals surface area contributed by atoms with Crippen molar-refractivity contribution in [2.24, 2.45) is 0 Å². The van der Waals surface area contributed by atoms with Gasteiger partial charge in [0.15, 0.2) is 5.65 Å². The molecule has 1 aromatic carbocycles. The van der Waals surface area contributed by atoms with Crippen molar-refractivity contribution >= 4 is 34.2 Å². The van der Waals surface area contributed by atoms with Crippen LogP contribution in [0.4, 0.5) is 11.4 Å². The lowest BCUT2D eigenvalue weighted by Crippen LogP contribution is -2.15. The summed E-state index contributed by atoms with van der Waals surface area (Å²) < 4.78 is 1.82. The van der Waals surface area contributed by atoms with E-state index < -0.39 is 0 Å². The minimum atomic E-state index is -0.215. The highest BCUT2D eigenvalue weighted by Crippen LogP contribution is 2.24. The van der Waals surface area contributed by atoms with Gasteiger partial charge < -0.3 is 10.6 Å². The van der Waals surface area contributed by atoms with Crippen molar-refractivity contribution in [3.05, 3.63) is 47.3 Å². The van der Waals surface area contributed by atoms with Crippen molar-refractivity contribution in [1.82, 2.24) is 14.8 Å². The van der Waals surface area contributed by atoms with E-state index in [0.29, 0.717) is 23.3 Å². The predicted molar refractivity (Wildman–Crippen MR) is 120 cm³/mol. The standard InChI is InChI=1S/C23H29N5O2/c1-6-7-8-21(29)27-20-10-9-17(11-15(20)4)26-23(30)18-12-16(5)25-22-19(18)13-24-28(22)14(2)3/h9-14H,6-8H2,1-5H3,(H,26,30)(H,27,29). The Hall–Kier alpha value is -3.22. The van der Waals surface area contributed by atoms with E-state index in [1.807, 2.05) is 44.5 Å². The molecule has 0 aliphatic heterocycles. The molecule has 2 amide bonds. The largest absolute Gasteiger partial charge is 0.326 e. The molecule has 0 fully saturated rings. The van der Waals surface area contributed by atoms with Gasteiger partial charge in [0.25, 0.3) is 5.91 Å². The molecule has 0 aliphatic rings. The lowest BCUT2D eigenvalue weighted by Gasteiger charge is -2.12. The number of hydrogen-bond acceptors (Lipinski definition) is 4. The normalized spacial score (nSPS) is 11.1. The number of carbonyl (C=O) groups excluding carboxylic acids is 2. The zero-order valence-electron chi connectivity index (χ0n) is 18.2. The molecule has 0 saturated carbocycles. The first-order valence-electron chi connectivity index (χ1n) is 10.4.